The third-order valence-corrected chi connectivity index (χ3v) is 5.38. The second kappa shape index (κ2) is 9.35. The van der Waals surface area contributed by atoms with Crippen molar-refractivity contribution in [2.45, 2.75) is 57.9 Å². The Kier molecular flexibility index (Phi) is 7.45. The molecule has 5 heteroatoms. The summed E-state index contributed by atoms with van der Waals surface area (Å²) in [6.45, 7) is 4.04. The zero-order chi connectivity index (χ0) is 16.9. The predicted octanol–water partition coefficient (Wildman–Crippen LogP) is 3.06. The quantitative estimate of drug-likeness (QED) is 0.789. The van der Waals surface area contributed by atoms with Gasteiger partial charge in [0.15, 0.2) is 5.78 Å². The average molecular weight is 365 g/mol. The normalized spacial score (nSPS) is 22.4. The van der Waals surface area contributed by atoms with Crippen molar-refractivity contribution in [1.29, 1.82) is 0 Å². The lowest BCUT2D eigenvalue weighted by Gasteiger charge is -2.30. The fourth-order valence-electron chi connectivity index (χ4n) is 3.79. The van der Waals surface area contributed by atoms with Crippen molar-refractivity contribution < 1.29 is 9.59 Å². The first-order valence-corrected chi connectivity index (χ1v) is 9.28. The predicted molar refractivity (Wildman–Crippen MR) is 102 cm³/mol. The van der Waals surface area contributed by atoms with Gasteiger partial charge >= 0.3 is 0 Å². The van der Waals surface area contributed by atoms with E-state index < -0.39 is 0 Å². The second-order valence-electron chi connectivity index (χ2n) is 7.26. The minimum Gasteiger partial charge on any atom is -0.353 e. The zero-order valence-corrected chi connectivity index (χ0v) is 15.8. The molecular weight excluding hydrogens is 336 g/mol. The largest absolute Gasteiger partial charge is 0.353 e. The van der Waals surface area contributed by atoms with Gasteiger partial charge in [-0.05, 0) is 68.3 Å². The zero-order valence-electron chi connectivity index (χ0n) is 15.0. The highest BCUT2D eigenvalue weighted by molar-refractivity contribution is 5.98. The Labute approximate surface area is 156 Å². The van der Waals surface area contributed by atoms with Crippen LogP contribution in [0.1, 0.15) is 60.5 Å². The van der Waals surface area contributed by atoms with E-state index in [1.807, 2.05) is 12.1 Å². The maximum Gasteiger partial charge on any atom is 0.220 e. The van der Waals surface area contributed by atoms with Gasteiger partial charge in [-0.1, -0.05) is 19.1 Å². The van der Waals surface area contributed by atoms with Crippen LogP contribution >= 0.6 is 12.4 Å². The maximum atomic E-state index is 12.4. The highest BCUT2D eigenvalue weighted by Gasteiger charge is 2.22. The van der Waals surface area contributed by atoms with E-state index in [1.165, 1.54) is 24.0 Å². The Bertz CT molecular complexity index is 618. The average Bonchev–Trinajstić information content (AvgIpc) is 2.61. The van der Waals surface area contributed by atoms with Crippen molar-refractivity contribution in [2.75, 3.05) is 13.1 Å². The summed E-state index contributed by atoms with van der Waals surface area (Å²) in [4.78, 5) is 24.5. The molecule has 1 amide bonds. The first-order chi connectivity index (χ1) is 11.6. The third-order valence-electron chi connectivity index (χ3n) is 5.38. The SMILES string of the molecule is CC1CNCCC1NC(=O)CCC(=O)c1ccc2c(c1)CCCC2.Cl. The number of halogens is 1. The number of fused-ring (bicyclic) bond motifs is 1. The molecule has 0 radical (unpaired) electrons. The first-order valence-electron chi connectivity index (χ1n) is 9.28. The first kappa shape index (κ1) is 19.9. The van der Waals surface area contributed by atoms with Gasteiger partial charge in [0.05, 0.1) is 0 Å². The summed E-state index contributed by atoms with van der Waals surface area (Å²) in [5, 5.41) is 6.42. The summed E-state index contributed by atoms with van der Waals surface area (Å²) in [5.41, 5.74) is 3.47. The Morgan fingerprint density at radius 2 is 1.92 bits per heavy atom. The van der Waals surface area contributed by atoms with E-state index in [0.29, 0.717) is 12.3 Å². The van der Waals surface area contributed by atoms with Gasteiger partial charge in [-0.3, -0.25) is 9.59 Å². The smallest absolute Gasteiger partial charge is 0.220 e. The number of Topliss-reactive ketones (excluding diaryl/α,β-unsaturated/α-hetero) is 1. The van der Waals surface area contributed by atoms with E-state index in [-0.39, 0.29) is 36.6 Å². The van der Waals surface area contributed by atoms with E-state index in [1.54, 1.807) is 0 Å². The number of carbonyl (C=O) groups excluding carboxylic acids is 2. The highest BCUT2D eigenvalue weighted by atomic mass is 35.5. The molecule has 2 unspecified atom stereocenters. The summed E-state index contributed by atoms with van der Waals surface area (Å²) in [6.07, 6.45) is 6.20. The Morgan fingerprint density at radius 1 is 1.16 bits per heavy atom. The van der Waals surface area contributed by atoms with Crippen molar-refractivity contribution in [1.82, 2.24) is 10.6 Å². The number of ketones is 1. The Hall–Kier alpha value is -1.39. The molecule has 1 aliphatic carbocycles. The van der Waals surface area contributed by atoms with E-state index in [0.717, 1.165) is 37.9 Å². The van der Waals surface area contributed by atoms with Crippen molar-refractivity contribution in [3.63, 3.8) is 0 Å². The van der Waals surface area contributed by atoms with E-state index in [4.69, 9.17) is 0 Å². The van der Waals surface area contributed by atoms with Crippen molar-refractivity contribution in [3.05, 3.63) is 34.9 Å². The number of benzene rings is 1. The number of hydrogen-bond acceptors (Lipinski definition) is 3. The van der Waals surface area contributed by atoms with Gasteiger partial charge in [0.1, 0.15) is 0 Å². The van der Waals surface area contributed by atoms with Crippen LogP contribution in [-0.2, 0) is 17.6 Å². The van der Waals surface area contributed by atoms with Crippen LogP contribution in [0.5, 0.6) is 0 Å². The summed E-state index contributed by atoms with van der Waals surface area (Å²) in [7, 11) is 0. The van der Waals surface area contributed by atoms with Crippen LogP contribution in [-0.4, -0.2) is 30.8 Å². The van der Waals surface area contributed by atoms with Gasteiger partial charge < -0.3 is 10.6 Å². The molecule has 25 heavy (non-hydrogen) atoms. The summed E-state index contributed by atoms with van der Waals surface area (Å²) in [6, 6.07) is 6.30. The van der Waals surface area contributed by atoms with Crippen LogP contribution in [0, 0.1) is 5.92 Å². The van der Waals surface area contributed by atoms with Gasteiger partial charge in [-0.2, -0.15) is 0 Å². The van der Waals surface area contributed by atoms with E-state index in [9.17, 15) is 9.59 Å². The number of carbonyl (C=O) groups is 2. The molecule has 1 aliphatic heterocycles. The monoisotopic (exact) mass is 364 g/mol. The van der Waals surface area contributed by atoms with Crippen LogP contribution < -0.4 is 10.6 Å². The molecule has 1 saturated heterocycles. The Balaban J connectivity index is 0.00000225. The molecular formula is C20H29ClN2O2. The Morgan fingerprint density at radius 3 is 2.68 bits per heavy atom. The lowest BCUT2D eigenvalue weighted by Crippen LogP contribution is -2.48. The lowest BCUT2D eigenvalue weighted by atomic mass is 9.89. The van der Waals surface area contributed by atoms with Crippen molar-refractivity contribution >= 4 is 24.1 Å². The summed E-state index contributed by atoms with van der Waals surface area (Å²) >= 11 is 0. The molecule has 1 aromatic carbocycles. The number of aryl methyl sites for hydroxylation is 2. The number of rotatable bonds is 5. The molecule has 4 nitrogen and oxygen atoms in total. The fourth-order valence-corrected chi connectivity index (χ4v) is 3.79. The third kappa shape index (κ3) is 5.29. The van der Waals surface area contributed by atoms with Gasteiger partial charge in [-0.15, -0.1) is 12.4 Å². The molecule has 1 aromatic rings. The van der Waals surface area contributed by atoms with Crippen molar-refractivity contribution in [2.24, 2.45) is 5.92 Å². The molecule has 3 rings (SSSR count). The molecule has 2 N–H and O–H groups in total. The fraction of sp³-hybridized carbons (Fsp3) is 0.600. The topological polar surface area (TPSA) is 58.2 Å². The van der Waals surface area contributed by atoms with Crippen LogP contribution in [0.3, 0.4) is 0 Å². The molecule has 0 aromatic heterocycles. The molecule has 1 heterocycles. The number of piperidine rings is 1. The minimum absolute atomic E-state index is 0. The molecule has 0 spiro atoms. The molecule has 2 atom stereocenters. The molecule has 2 aliphatic rings. The summed E-state index contributed by atoms with van der Waals surface area (Å²) in [5.74, 6) is 0.524. The maximum absolute atomic E-state index is 12.4. The van der Waals surface area contributed by atoms with Gasteiger partial charge in [-0.25, -0.2) is 0 Å². The van der Waals surface area contributed by atoms with Gasteiger partial charge in [0.25, 0.3) is 0 Å². The van der Waals surface area contributed by atoms with E-state index >= 15 is 0 Å². The van der Waals surface area contributed by atoms with Gasteiger partial charge in [0, 0.05) is 24.4 Å². The molecule has 1 fully saturated rings. The van der Waals surface area contributed by atoms with E-state index in [2.05, 4.69) is 23.6 Å². The van der Waals surface area contributed by atoms with Crippen LogP contribution in [0.2, 0.25) is 0 Å². The second-order valence-corrected chi connectivity index (χ2v) is 7.26. The highest BCUT2D eigenvalue weighted by Crippen LogP contribution is 2.23. The lowest BCUT2D eigenvalue weighted by molar-refractivity contribution is -0.122. The van der Waals surface area contributed by atoms with Crippen LogP contribution in [0.4, 0.5) is 0 Å². The number of amides is 1. The number of nitrogens with one attached hydrogen (secondary N) is 2. The van der Waals surface area contributed by atoms with Crippen LogP contribution in [0.15, 0.2) is 18.2 Å². The molecule has 138 valence electrons. The van der Waals surface area contributed by atoms with Gasteiger partial charge in [0.2, 0.25) is 5.91 Å². The van der Waals surface area contributed by atoms with Crippen molar-refractivity contribution in [3.8, 4) is 0 Å². The number of hydrogen-bond donors (Lipinski definition) is 2. The standard InChI is InChI=1S/C20H28N2O2.ClH/c1-14-13-21-11-10-18(14)22-20(24)9-8-19(23)17-7-6-15-4-2-3-5-16(15)12-17;/h6-7,12,14,18,21H,2-5,8-11,13H2,1H3,(H,22,24);1H. The minimum atomic E-state index is 0. The summed E-state index contributed by atoms with van der Waals surface area (Å²) < 4.78 is 0. The molecule has 0 saturated carbocycles. The molecule has 0 bridgehead atoms. The van der Waals surface area contributed by atoms with Crippen LogP contribution in [0.25, 0.3) is 0 Å².